The molecule has 0 fully saturated rings. The zero-order valence-corrected chi connectivity index (χ0v) is 13.9. The SMILES string of the molecule is Cc1cc(C(O)C(O)CNC(=O)OCc2ccccc2)cnc1Cl. The van der Waals surface area contributed by atoms with E-state index in [1.54, 1.807) is 13.0 Å². The molecule has 24 heavy (non-hydrogen) atoms. The van der Waals surface area contributed by atoms with Gasteiger partial charge >= 0.3 is 6.09 Å². The number of rotatable bonds is 6. The van der Waals surface area contributed by atoms with Gasteiger partial charge in [0.15, 0.2) is 0 Å². The molecular formula is C17H19ClN2O4. The Morgan fingerprint density at radius 1 is 1.33 bits per heavy atom. The van der Waals surface area contributed by atoms with Gasteiger partial charge in [0.2, 0.25) is 0 Å². The molecule has 2 aromatic rings. The van der Waals surface area contributed by atoms with Crippen molar-refractivity contribution >= 4 is 17.7 Å². The fourth-order valence-corrected chi connectivity index (χ4v) is 2.14. The van der Waals surface area contributed by atoms with Crippen molar-refractivity contribution < 1.29 is 19.7 Å². The first-order valence-corrected chi connectivity index (χ1v) is 7.78. The van der Waals surface area contributed by atoms with Crippen LogP contribution in [-0.2, 0) is 11.3 Å². The number of nitrogens with zero attached hydrogens (tertiary/aromatic N) is 1. The number of aromatic nitrogens is 1. The average molecular weight is 351 g/mol. The number of amides is 1. The molecule has 6 nitrogen and oxygen atoms in total. The summed E-state index contributed by atoms with van der Waals surface area (Å²) in [5.74, 6) is 0. The Morgan fingerprint density at radius 2 is 2.04 bits per heavy atom. The lowest BCUT2D eigenvalue weighted by Crippen LogP contribution is -2.35. The molecule has 0 saturated carbocycles. The van der Waals surface area contributed by atoms with E-state index in [2.05, 4.69) is 10.3 Å². The number of hydrogen-bond donors (Lipinski definition) is 3. The van der Waals surface area contributed by atoms with Gasteiger partial charge in [0.1, 0.15) is 24.0 Å². The molecule has 2 unspecified atom stereocenters. The third-order valence-corrected chi connectivity index (χ3v) is 3.81. The van der Waals surface area contributed by atoms with Gasteiger partial charge in [-0.1, -0.05) is 41.9 Å². The molecule has 1 aromatic heterocycles. The number of alkyl carbamates (subject to hydrolysis) is 1. The number of carbonyl (C=O) groups is 1. The standard InChI is InChI=1S/C17H19ClN2O4/c1-11-7-13(8-19-16(11)18)15(22)14(21)9-20-17(23)24-10-12-5-3-2-4-6-12/h2-8,14-15,21-22H,9-10H2,1H3,(H,20,23). The van der Waals surface area contributed by atoms with Crippen molar-refractivity contribution in [3.05, 3.63) is 64.4 Å². The summed E-state index contributed by atoms with van der Waals surface area (Å²) in [6, 6.07) is 10.9. The smallest absolute Gasteiger partial charge is 0.407 e. The van der Waals surface area contributed by atoms with Crippen LogP contribution in [0.5, 0.6) is 0 Å². The molecule has 0 saturated heterocycles. The van der Waals surface area contributed by atoms with Crippen molar-refractivity contribution in [1.29, 1.82) is 0 Å². The van der Waals surface area contributed by atoms with Gasteiger partial charge in [-0.05, 0) is 24.1 Å². The Morgan fingerprint density at radius 3 is 2.71 bits per heavy atom. The highest BCUT2D eigenvalue weighted by Crippen LogP contribution is 2.20. The summed E-state index contributed by atoms with van der Waals surface area (Å²) in [5, 5.41) is 22.8. The number of aliphatic hydroxyl groups excluding tert-OH is 2. The predicted molar refractivity (Wildman–Crippen MR) is 89.6 cm³/mol. The summed E-state index contributed by atoms with van der Waals surface area (Å²) in [6.45, 7) is 1.72. The Labute approximate surface area is 145 Å². The number of aliphatic hydroxyl groups is 2. The lowest BCUT2D eigenvalue weighted by Gasteiger charge is -2.19. The van der Waals surface area contributed by atoms with Gasteiger partial charge < -0.3 is 20.3 Å². The van der Waals surface area contributed by atoms with Gasteiger partial charge in [-0.3, -0.25) is 0 Å². The number of benzene rings is 1. The fourth-order valence-electron chi connectivity index (χ4n) is 2.04. The largest absolute Gasteiger partial charge is 0.445 e. The fraction of sp³-hybridized carbons (Fsp3) is 0.294. The second kappa shape index (κ2) is 8.63. The highest BCUT2D eigenvalue weighted by atomic mass is 35.5. The van der Waals surface area contributed by atoms with Gasteiger partial charge in [-0.15, -0.1) is 0 Å². The molecule has 7 heteroatoms. The average Bonchev–Trinajstić information content (AvgIpc) is 2.60. The van der Waals surface area contributed by atoms with Crippen LogP contribution in [0.25, 0.3) is 0 Å². The topological polar surface area (TPSA) is 91.7 Å². The van der Waals surface area contributed by atoms with E-state index in [-0.39, 0.29) is 13.2 Å². The first-order chi connectivity index (χ1) is 11.5. The van der Waals surface area contributed by atoms with E-state index in [4.69, 9.17) is 16.3 Å². The molecule has 2 atom stereocenters. The Kier molecular flexibility index (Phi) is 6.54. The number of nitrogens with one attached hydrogen (secondary N) is 1. The van der Waals surface area contributed by atoms with Crippen molar-refractivity contribution in [1.82, 2.24) is 10.3 Å². The van der Waals surface area contributed by atoms with Crippen LogP contribution in [0.4, 0.5) is 4.79 Å². The lowest BCUT2D eigenvalue weighted by molar-refractivity contribution is 0.0182. The second-order valence-corrected chi connectivity index (χ2v) is 5.69. The Bertz CT molecular complexity index is 682. The number of ether oxygens (including phenoxy) is 1. The van der Waals surface area contributed by atoms with Crippen molar-refractivity contribution in [2.24, 2.45) is 0 Å². The summed E-state index contributed by atoms with van der Waals surface area (Å²) >= 11 is 5.82. The molecule has 3 N–H and O–H groups in total. The summed E-state index contributed by atoms with van der Waals surface area (Å²) in [6.07, 6.45) is -1.67. The van der Waals surface area contributed by atoms with Crippen LogP contribution < -0.4 is 5.32 Å². The van der Waals surface area contributed by atoms with E-state index < -0.39 is 18.3 Å². The number of hydrogen-bond acceptors (Lipinski definition) is 5. The van der Waals surface area contributed by atoms with Gasteiger partial charge in [-0.25, -0.2) is 9.78 Å². The summed E-state index contributed by atoms with van der Waals surface area (Å²) in [7, 11) is 0. The van der Waals surface area contributed by atoms with Gasteiger partial charge in [0.25, 0.3) is 0 Å². The van der Waals surface area contributed by atoms with Crippen LogP contribution in [-0.4, -0.2) is 33.9 Å². The summed E-state index contributed by atoms with van der Waals surface area (Å²) in [5.41, 5.74) is 1.97. The normalized spacial score (nSPS) is 13.2. The van der Waals surface area contributed by atoms with Crippen LogP contribution in [0.3, 0.4) is 0 Å². The summed E-state index contributed by atoms with van der Waals surface area (Å²) in [4.78, 5) is 15.5. The Balaban J connectivity index is 1.80. The highest BCUT2D eigenvalue weighted by Gasteiger charge is 2.20. The molecule has 0 radical (unpaired) electrons. The van der Waals surface area contributed by atoms with Crippen LogP contribution in [0.2, 0.25) is 5.15 Å². The minimum atomic E-state index is -1.20. The van der Waals surface area contributed by atoms with E-state index in [0.29, 0.717) is 16.3 Å². The number of pyridine rings is 1. The molecule has 0 aliphatic heterocycles. The quantitative estimate of drug-likeness (QED) is 0.696. The third-order valence-electron chi connectivity index (χ3n) is 3.41. The molecule has 0 aliphatic rings. The van der Waals surface area contributed by atoms with Crippen LogP contribution in [0, 0.1) is 6.92 Å². The van der Waals surface area contributed by atoms with E-state index in [1.165, 1.54) is 6.20 Å². The maximum absolute atomic E-state index is 11.6. The number of aryl methyl sites for hydroxylation is 1. The van der Waals surface area contributed by atoms with Crippen molar-refractivity contribution in [2.45, 2.75) is 25.7 Å². The molecule has 0 spiro atoms. The van der Waals surface area contributed by atoms with Crippen molar-refractivity contribution in [3.8, 4) is 0 Å². The molecule has 1 heterocycles. The van der Waals surface area contributed by atoms with Crippen LogP contribution in [0.1, 0.15) is 22.8 Å². The molecule has 1 aromatic carbocycles. The second-order valence-electron chi connectivity index (χ2n) is 5.33. The first-order valence-electron chi connectivity index (χ1n) is 7.40. The minimum absolute atomic E-state index is 0.131. The number of carbonyl (C=O) groups excluding carboxylic acids is 1. The summed E-state index contributed by atoms with van der Waals surface area (Å²) < 4.78 is 5.03. The zero-order valence-electron chi connectivity index (χ0n) is 13.1. The van der Waals surface area contributed by atoms with E-state index in [0.717, 1.165) is 5.56 Å². The van der Waals surface area contributed by atoms with Gasteiger partial charge in [0, 0.05) is 18.3 Å². The molecule has 2 rings (SSSR count). The van der Waals surface area contributed by atoms with E-state index in [9.17, 15) is 15.0 Å². The van der Waals surface area contributed by atoms with Crippen LogP contribution in [0.15, 0.2) is 42.6 Å². The van der Waals surface area contributed by atoms with Crippen molar-refractivity contribution in [2.75, 3.05) is 6.54 Å². The highest BCUT2D eigenvalue weighted by molar-refractivity contribution is 6.30. The van der Waals surface area contributed by atoms with E-state index >= 15 is 0 Å². The first kappa shape index (κ1) is 18.2. The maximum atomic E-state index is 11.6. The van der Waals surface area contributed by atoms with E-state index in [1.807, 2.05) is 30.3 Å². The monoisotopic (exact) mass is 350 g/mol. The third kappa shape index (κ3) is 5.19. The van der Waals surface area contributed by atoms with Gasteiger partial charge in [-0.2, -0.15) is 0 Å². The number of halogens is 1. The predicted octanol–water partition coefficient (Wildman–Crippen LogP) is 2.36. The Hall–Kier alpha value is -2.15. The van der Waals surface area contributed by atoms with Crippen LogP contribution >= 0.6 is 11.6 Å². The molecule has 0 aliphatic carbocycles. The van der Waals surface area contributed by atoms with Crippen molar-refractivity contribution in [3.63, 3.8) is 0 Å². The molecule has 0 bridgehead atoms. The molecule has 128 valence electrons. The molecule has 1 amide bonds. The van der Waals surface area contributed by atoms with Gasteiger partial charge in [0.05, 0.1) is 0 Å². The maximum Gasteiger partial charge on any atom is 0.407 e. The zero-order chi connectivity index (χ0) is 17.5. The molecular weight excluding hydrogens is 332 g/mol. The minimum Gasteiger partial charge on any atom is -0.445 e. The lowest BCUT2D eigenvalue weighted by atomic mass is 10.1.